The molecule has 0 atom stereocenters. The van der Waals surface area contributed by atoms with E-state index in [0.717, 1.165) is 34.6 Å². The Morgan fingerprint density at radius 1 is 1.07 bits per heavy atom. The predicted molar refractivity (Wildman–Crippen MR) is 153 cm³/mol. The number of carbonyl (C=O) groups excluding carboxylic acids is 4. The molecule has 2 heterocycles. The number of carbonyl (C=O) groups is 4. The maximum absolute atomic E-state index is 12.8. The van der Waals surface area contributed by atoms with Crippen LogP contribution in [0.25, 0.3) is 10.2 Å². The van der Waals surface area contributed by atoms with Crippen LogP contribution in [0.4, 0.5) is 5.00 Å². The highest BCUT2D eigenvalue weighted by atomic mass is 32.2. The molecule has 1 N–H and O–H groups in total. The molecule has 220 valence electrons. The van der Waals surface area contributed by atoms with Crippen LogP contribution in [0.2, 0.25) is 0 Å². The van der Waals surface area contributed by atoms with Crippen molar-refractivity contribution in [1.29, 1.82) is 0 Å². The molecule has 4 rings (SSSR count). The number of ether oxygens (including phenoxy) is 3. The molecule has 0 radical (unpaired) electrons. The number of nitrogens with one attached hydrogen (secondary N) is 1. The lowest BCUT2D eigenvalue weighted by Gasteiger charge is -2.08. The van der Waals surface area contributed by atoms with Crippen molar-refractivity contribution in [2.24, 2.45) is 4.99 Å². The number of fused-ring (bicyclic) bond motifs is 2. The van der Waals surface area contributed by atoms with E-state index >= 15 is 0 Å². The van der Waals surface area contributed by atoms with Crippen LogP contribution in [0.1, 0.15) is 41.1 Å². The fourth-order valence-corrected chi connectivity index (χ4v) is 7.78. The van der Waals surface area contributed by atoms with Crippen molar-refractivity contribution in [3.05, 3.63) is 39.0 Å². The van der Waals surface area contributed by atoms with E-state index in [0.29, 0.717) is 29.0 Å². The lowest BCUT2D eigenvalue weighted by atomic mass is 10.1. The van der Waals surface area contributed by atoms with Gasteiger partial charge in [-0.1, -0.05) is 11.3 Å². The smallest absolute Gasteiger partial charge is 0.341 e. The first-order valence-electron chi connectivity index (χ1n) is 12.8. The number of thiophene rings is 1. The molecule has 0 aliphatic heterocycles. The fraction of sp³-hybridized carbons (Fsp3) is 0.423. The van der Waals surface area contributed by atoms with Gasteiger partial charge in [0.25, 0.3) is 5.91 Å². The van der Waals surface area contributed by atoms with Crippen molar-refractivity contribution in [3.8, 4) is 5.75 Å². The minimum Gasteiger partial charge on any atom is -0.494 e. The Labute approximate surface area is 243 Å². The summed E-state index contributed by atoms with van der Waals surface area (Å²) < 4.78 is 43.0. The Balaban J connectivity index is 1.53. The zero-order valence-corrected chi connectivity index (χ0v) is 25.1. The van der Waals surface area contributed by atoms with Crippen LogP contribution in [-0.4, -0.2) is 68.6 Å². The first-order valence-corrected chi connectivity index (χ1v) is 16.2. The number of esters is 2. The number of methoxy groups -OCH3 is 1. The van der Waals surface area contributed by atoms with Crippen LogP contribution < -0.4 is 14.9 Å². The summed E-state index contributed by atoms with van der Waals surface area (Å²) in [5.41, 5.74) is 1.66. The van der Waals surface area contributed by atoms with Gasteiger partial charge in [-0.05, 0) is 56.9 Å². The zero-order chi connectivity index (χ0) is 29.7. The van der Waals surface area contributed by atoms with Crippen molar-refractivity contribution >= 4 is 71.5 Å². The quantitative estimate of drug-likeness (QED) is 0.317. The van der Waals surface area contributed by atoms with Crippen molar-refractivity contribution in [2.45, 2.75) is 39.7 Å². The SMILES string of the molecule is CCOC(=O)c1c(NC(=O)CS(=O)(=O)CC(=O)N=c2sc3cc(OCC)ccc3n2CC(=O)OC)sc2c1CCC2. The minimum atomic E-state index is -4.23. The van der Waals surface area contributed by atoms with Crippen LogP contribution in [-0.2, 0) is 53.1 Å². The maximum Gasteiger partial charge on any atom is 0.341 e. The van der Waals surface area contributed by atoms with Crippen molar-refractivity contribution in [3.63, 3.8) is 0 Å². The molecule has 3 aromatic rings. The van der Waals surface area contributed by atoms with E-state index in [4.69, 9.17) is 14.2 Å². The van der Waals surface area contributed by atoms with Crippen LogP contribution in [0, 0.1) is 0 Å². The third kappa shape index (κ3) is 7.21. The highest BCUT2D eigenvalue weighted by Crippen LogP contribution is 2.39. The molecule has 0 bridgehead atoms. The molecule has 1 aliphatic carbocycles. The highest BCUT2D eigenvalue weighted by Gasteiger charge is 2.29. The molecule has 41 heavy (non-hydrogen) atoms. The van der Waals surface area contributed by atoms with E-state index < -0.39 is 45.1 Å². The molecule has 2 aromatic heterocycles. The van der Waals surface area contributed by atoms with Gasteiger partial charge in [0, 0.05) is 4.88 Å². The van der Waals surface area contributed by atoms with E-state index in [1.54, 1.807) is 25.1 Å². The van der Waals surface area contributed by atoms with Gasteiger partial charge in [0.05, 0.1) is 36.1 Å². The van der Waals surface area contributed by atoms with Gasteiger partial charge in [-0.2, -0.15) is 4.99 Å². The average molecular weight is 624 g/mol. The van der Waals surface area contributed by atoms with Crippen LogP contribution >= 0.6 is 22.7 Å². The van der Waals surface area contributed by atoms with Gasteiger partial charge in [-0.25, -0.2) is 13.2 Å². The Kier molecular flexibility index (Phi) is 9.60. The largest absolute Gasteiger partial charge is 0.494 e. The maximum atomic E-state index is 12.8. The third-order valence-electron chi connectivity index (χ3n) is 6.05. The summed E-state index contributed by atoms with van der Waals surface area (Å²) in [6.45, 7) is 3.86. The number of benzene rings is 1. The Hall–Kier alpha value is -3.56. The molecule has 2 amide bonds. The normalized spacial score (nSPS) is 13.2. The molecule has 15 heteroatoms. The third-order valence-corrected chi connectivity index (χ3v) is 9.69. The minimum absolute atomic E-state index is 0.0934. The number of aromatic nitrogens is 1. The standard InChI is InChI=1S/C26H29N3O9S3/c1-4-37-15-9-10-17-19(11-15)40-26(29(17)12-22(32)36-3)28-21(31)14-41(34,35)13-20(30)27-24-23(25(33)38-5-2)16-7-6-8-18(16)39-24/h9-11H,4-8,12-14H2,1-3H3,(H,27,30). The topological polar surface area (TPSA) is 159 Å². The number of amides is 2. The summed E-state index contributed by atoms with van der Waals surface area (Å²) in [5, 5.41) is 2.76. The number of hydrogen-bond donors (Lipinski definition) is 1. The van der Waals surface area contributed by atoms with E-state index in [1.165, 1.54) is 23.0 Å². The summed E-state index contributed by atoms with van der Waals surface area (Å²) in [7, 11) is -3.00. The van der Waals surface area contributed by atoms with Crippen LogP contribution in [0.15, 0.2) is 23.2 Å². The highest BCUT2D eigenvalue weighted by molar-refractivity contribution is 7.92. The van der Waals surface area contributed by atoms with Gasteiger partial charge in [0.2, 0.25) is 5.91 Å². The number of anilines is 1. The first kappa shape index (κ1) is 30.4. The second kappa shape index (κ2) is 13.0. The number of nitrogens with zero attached hydrogens (tertiary/aromatic N) is 2. The van der Waals surface area contributed by atoms with Gasteiger partial charge in [-0.3, -0.25) is 14.4 Å². The molecular weight excluding hydrogens is 594 g/mol. The monoisotopic (exact) mass is 623 g/mol. The van der Waals surface area contributed by atoms with Gasteiger partial charge < -0.3 is 24.1 Å². The number of thiazole rings is 1. The Morgan fingerprint density at radius 3 is 2.56 bits per heavy atom. The number of aryl methyl sites for hydroxylation is 1. The predicted octanol–water partition coefficient (Wildman–Crippen LogP) is 2.48. The molecule has 1 aliphatic rings. The summed E-state index contributed by atoms with van der Waals surface area (Å²) in [6.07, 6.45) is 2.32. The van der Waals surface area contributed by atoms with E-state index in [2.05, 4.69) is 10.3 Å². The van der Waals surface area contributed by atoms with Gasteiger partial charge in [0.15, 0.2) is 14.6 Å². The Bertz CT molecular complexity index is 1680. The summed E-state index contributed by atoms with van der Waals surface area (Å²) in [4.78, 5) is 55.0. The van der Waals surface area contributed by atoms with E-state index in [1.807, 2.05) is 6.92 Å². The lowest BCUT2D eigenvalue weighted by molar-refractivity contribution is -0.141. The van der Waals surface area contributed by atoms with E-state index in [9.17, 15) is 27.6 Å². The number of hydrogen-bond acceptors (Lipinski definition) is 11. The molecule has 0 unspecified atom stereocenters. The van der Waals surface area contributed by atoms with Crippen molar-refractivity contribution in [2.75, 3.05) is 37.1 Å². The summed E-state index contributed by atoms with van der Waals surface area (Å²) >= 11 is 2.30. The van der Waals surface area contributed by atoms with Crippen LogP contribution in [0.5, 0.6) is 5.75 Å². The second-order valence-corrected chi connectivity index (χ2v) is 13.2. The summed E-state index contributed by atoms with van der Waals surface area (Å²) in [6, 6.07) is 5.14. The number of sulfone groups is 1. The zero-order valence-electron chi connectivity index (χ0n) is 22.7. The van der Waals surface area contributed by atoms with Gasteiger partial charge in [0.1, 0.15) is 28.8 Å². The average Bonchev–Trinajstić information content (AvgIpc) is 3.56. The van der Waals surface area contributed by atoms with Crippen molar-refractivity contribution < 1.29 is 41.8 Å². The number of rotatable bonds is 11. The Morgan fingerprint density at radius 2 is 1.85 bits per heavy atom. The molecule has 0 fully saturated rings. The molecule has 0 spiro atoms. The summed E-state index contributed by atoms with van der Waals surface area (Å²) in [5.74, 6) is -4.46. The second-order valence-electron chi connectivity index (χ2n) is 8.98. The van der Waals surface area contributed by atoms with Crippen molar-refractivity contribution in [1.82, 2.24) is 4.57 Å². The van der Waals surface area contributed by atoms with Crippen LogP contribution in [0.3, 0.4) is 0 Å². The van der Waals surface area contributed by atoms with E-state index in [-0.39, 0.29) is 28.5 Å². The fourth-order valence-electron chi connectivity index (χ4n) is 4.39. The molecule has 1 aromatic carbocycles. The van der Waals surface area contributed by atoms with Gasteiger partial charge in [-0.15, -0.1) is 11.3 Å². The van der Waals surface area contributed by atoms with Gasteiger partial charge >= 0.3 is 11.9 Å². The lowest BCUT2D eigenvalue weighted by Crippen LogP contribution is -2.29. The molecular formula is C26H29N3O9S3. The molecule has 12 nitrogen and oxygen atoms in total. The molecule has 0 saturated heterocycles. The molecule has 0 saturated carbocycles. The first-order chi connectivity index (χ1) is 19.5.